The van der Waals surface area contributed by atoms with Crippen LogP contribution >= 0.6 is 0 Å². The standard InChI is InChI=1S/C21H25AtN2O4/c1-26-18-5-4-16(22)12-17(18)21(25)23-7-9-24-8-6-14-10-19(27-2)20(28-3)11-15(14)13-24/h4-5,10-12H,6-9,13H2,1-3H3,(H,23,25). The number of fused-ring (bicyclic) bond motifs is 1. The van der Waals surface area contributed by atoms with Crippen molar-refractivity contribution in [2.24, 2.45) is 0 Å². The van der Waals surface area contributed by atoms with Crippen molar-refractivity contribution < 1.29 is 43.7 Å². The molecule has 0 bridgehead atoms. The second kappa shape index (κ2) is 9.57. The van der Waals surface area contributed by atoms with Crippen LogP contribution in [0.15, 0.2) is 30.3 Å². The molecule has 150 valence electrons. The van der Waals surface area contributed by atoms with Crippen molar-refractivity contribution in [1.29, 1.82) is 0 Å². The number of hydrogen-bond acceptors (Lipinski definition) is 5. The zero-order chi connectivity index (χ0) is 20.1. The van der Waals surface area contributed by atoms with Crippen LogP contribution in [0.25, 0.3) is 0 Å². The molecule has 2 aromatic carbocycles. The van der Waals surface area contributed by atoms with Crippen LogP contribution in [0.4, 0.5) is 0 Å². The second-order valence-electron chi connectivity index (χ2n) is 6.60. The topological polar surface area (TPSA) is 60.0 Å². The van der Waals surface area contributed by atoms with Crippen LogP contribution in [0.2, 0.25) is 0 Å². The second-order valence-corrected chi connectivity index (χ2v) is 8.30. The van der Waals surface area contributed by atoms with Gasteiger partial charge in [0.05, 0.1) is 14.2 Å². The third kappa shape index (κ3) is 4.76. The van der Waals surface area contributed by atoms with Gasteiger partial charge in [0.2, 0.25) is 0 Å². The van der Waals surface area contributed by atoms with Gasteiger partial charge in [-0.25, -0.2) is 0 Å². The van der Waals surface area contributed by atoms with Crippen LogP contribution < -0.4 is 22.8 Å². The summed E-state index contributed by atoms with van der Waals surface area (Å²) in [6.07, 6.45) is 0.956. The Balaban J connectivity index is 1.58. The number of nitrogens with zero attached hydrogens (tertiary/aromatic N) is 1. The zero-order valence-electron chi connectivity index (χ0n) is 16.4. The summed E-state index contributed by atoms with van der Waals surface area (Å²) in [5, 5.41) is 3.01. The van der Waals surface area contributed by atoms with Gasteiger partial charge in [-0.2, -0.15) is 0 Å². The van der Waals surface area contributed by atoms with Gasteiger partial charge in [-0.15, -0.1) is 0 Å². The number of carbonyl (C=O) groups excluding carboxylic acids is 1. The average Bonchev–Trinajstić information content (AvgIpc) is 2.72. The fourth-order valence-electron chi connectivity index (χ4n) is 3.41. The van der Waals surface area contributed by atoms with E-state index in [1.807, 2.05) is 18.2 Å². The summed E-state index contributed by atoms with van der Waals surface area (Å²) in [6, 6.07) is 9.80. The van der Waals surface area contributed by atoms with Gasteiger partial charge in [0.1, 0.15) is 0 Å². The molecule has 0 saturated heterocycles. The third-order valence-corrected chi connectivity index (χ3v) is 5.83. The molecule has 1 heterocycles. The molecule has 1 aliphatic heterocycles. The van der Waals surface area contributed by atoms with E-state index >= 15 is 0 Å². The van der Waals surface area contributed by atoms with Crippen molar-refractivity contribution in [3.63, 3.8) is 0 Å². The fraction of sp³-hybridized carbons (Fsp3) is 0.381. The van der Waals surface area contributed by atoms with Gasteiger partial charge in [0.25, 0.3) is 0 Å². The molecule has 0 aromatic heterocycles. The Morgan fingerprint density at radius 1 is 1.04 bits per heavy atom. The Bertz CT molecular complexity index is 857. The molecule has 1 N–H and O–H groups in total. The fourth-order valence-corrected chi connectivity index (χ4v) is 4.08. The maximum atomic E-state index is 12.5. The number of amides is 1. The molecule has 6 nitrogen and oxygen atoms in total. The summed E-state index contributed by atoms with van der Waals surface area (Å²) >= 11 is 1.54. The molecular weight excluding hydrogens is 554 g/mol. The van der Waals surface area contributed by atoms with Crippen molar-refractivity contribution in [2.75, 3.05) is 41.0 Å². The first-order valence-electron chi connectivity index (χ1n) is 9.13. The number of methoxy groups -OCH3 is 3. The molecule has 0 atom stereocenters. The van der Waals surface area contributed by atoms with Crippen LogP contribution in [-0.2, 0) is 13.0 Å². The first kappa shape index (κ1) is 20.9. The summed E-state index contributed by atoms with van der Waals surface area (Å²) in [6.45, 7) is 3.16. The van der Waals surface area contributed by atoms with E-state index in [-0.39, 0.29) is 5.91 Å². The van der Waals surface area contributed by atoms with E-state index in [9.17, 15) is 4.79 Å². The quantitative estimate of drug-likeness (QED) is 0.542. The Morgan fingerprint density at radius 2 is 1.71 bits per heavy atom. The van der Waals surface area contributed by atoms with E-state index in [4.69, 9.17) is 14.2 Å². The van der Waals surface area contributed by atoms with Crippen LogP contribution in [0.5, 0.6) is 17.2 Å². The third-order valence-electron chi connectivity index (χ3n) is 4.92. The monoisotopic (exact) mass is 579 g/mol. The van der Waals surface area contributed by atoms with E-state index < -0.39 is 0 Å². The first-order valence-corrected chi connectivity index (χ1v) is 10.6. The molecule has 7 heteroatoms. The molecule has 0 unspecified atom stereocenters. The number of benzene rings is 2. The molecule has 0 saturated carbocycles. The number of ether oxygens (including phenoxy) is 3. The van der Waals surface area contributed by atoms with Gasteiger partial charge >= 0.3 is 152 Å². The number of rotatable bonds is 7. The molecule has 28 heavy (non-hydrogen) atoms. The summed E-state index contributed by atoms with van der Waals surface area (Å²) < 4.78 is 17.2. The van der Waals surface area contributed by atoms with Gasteiger partial charge in [0, 0.05) is 0 Å². The SMILES string of the molecule is COc1cc2c(cc1OC)CN(CCNC(=O)c1cc([At])ccc1OC)CC2. The van der Waals surface area contributed by atoms with Gasteiger partial charge in [-0.1, -0.05) is 0 Å². The molecule has 3 rings (SSSR count). The summed E-state index contributed by atoms with van der Waals surface area (Å²) in [4.78, 5) is 14.9. The predicted molar refractivity (Wildman–Crippen MR) is 103 cm³/mol. The minimum absolute atomic E-state index is 0.0982. The maximum absolute atomic E-state index is 12.5. The Morgan fingerprint density at radius 3 is 2.39 bits per heavy atom. The molecule has 1 aliphatic rings. The van der Waals surface area contributed by atoms with Crippen LogP contribution in [-0.4, -0.2) is 51.8 Å². The molecule has 0 spiro atoms. The molecular formula is C21H25AtN2O4. The Kier molecular flexibility index (Phi) is 7.14. The molecule has 0 aliphatic carbocycles. The van der Waals surface area contributed by atoms with E-state index in [0.29, 0.717) is 17.9 Å². The van der Waals surface area contributed by atoms with Gasteiger partial charge < -0.3 is 9.47 Å². The predicted octanol–water partition coefficient (Wildman–Crippen LogP) is 1.68. The summed E-state index contributed by atoms with van der Waals surface area (Å²) in [5.41, 5.74) is 3.13. The summed E-state index contributed by atoms with van der Waals surface area (Å²) in [5.74, 6) is 2.03. The van der Waals surface area contributed by atoms with Crippen LogP contribution in [0.3, 0.4) is 0 Å². The molecule has 1 amide bonds. The first-order chi connectivity index (χ1) is 13.5. The molecule has 2 aromatic rings. The van der Waals surface area contributed by atoms with Gasteiger partial charge in [-0.3, -0.25) is 0 Å². The van der Waals surface area contributed by atoms with E-state index in [2.05, 4.69) is 22.3 Å². The van der Waals surface area contributed by atoms with Crippen molar-refractivity contribution in [3.8, 4) is 17.2 Å². The molecule has 0 radical (unpaired) electrons. The van der Waals surface area contributed by atoms with Crippen LogP contribution in [0, 0.1) is 24.7 Å². The minimum atomic E-state index is -0.0982. The normalized spacial score (nSPS) is 13.6. The Labute approximate surface area is 181 Å². The zero-order valence-corrected chi connectivity index (χ0v) is 19.3. The number of hydrogen-bond donors (Lipinski definition) is 1. The van der Waals surface area contributed by atoms with Crippen molar-refractivity contribution in [1.82, 2.24) is 10.2 Å². The number of carbonyl (C=O) groups is 1. The average molecular weight is 579 g/mol. The summed E-state index contributed by atoms with van der Waals surface area (Å²) in [7, 11) is 4.90. The van der Waals surface area contributed by atoms with Gasteiger partial charge in [0.15, 0.2) is 5.75 Å². The molecule has 0 fully saturated rings. The van der Waals surface area contributed by atoms with E-state index in [1.165, 1.54) is 35.8 Å². The van der Waals surface area contributed by atoms with Gasteiger partial charge in [-0.05, 0) is 0 Å². The Hall–Kier alpha value is -1.85. The van der Waals surface area contributed by atoms with Crippen molar-refractivity contribution in [3.05, 3.63) is 47.0 Å². The van der Waals surface area contributed by atoms with Crippen LogP contribution in [0.1, 0.15) is 21.5 Å². The van der Waals surface area contributed by atoms with E-state index in [0.717, 1.165) is 40.8 Å². The van der Waals surface area contributed by atoms with E-state index in [1.54, 1.807) is 21.3 Å². The number of nitrogens with one attached hydrogen (secondary N) is 1. The van der Waals surface area contributed by atoms with Crippen molar-refractivity contribution in [2.45, 2.75) is 13.0 Å². The van der Waals surface area contributed by atoms with Crippen molar-refractivity contribution >= 4 is 9.18 Å².